The zero-order chi connectivity index (χ0) is 7.68. The number of rotatable bonds is 0. The van der Waals surface area contributed by atoms with Gasteiger partial charge in [-0.3, -0.25) is 0 Å². The molecule has 1 aliphatic rings. The molecule has 0 saturated heterocycles. The fourth-order valence-electron chi connectivity index (χ4n) is 1.17. The molecule has 0 aromatic carbocycles. The molecule has 3 heteroatoms. The number of hydrogen-bond donors (Lipinski definition) is 1. The molecular weight excluding hydrogens is 140 g/mol. The van der Waals surface area contributed by atoms with Crippen molar-refractivity contribution in [2.75, 3.05) is 6.54 Å². The van der Waals surface area contributed by atoms with Crippen LogP contribution in [0.15, 0.2) is 24.4 Å². The summed E-state index contributed by atoms with van der Waals surface area (Å²) in [7, 11) is 0. The predicted octanol–water partition coefficient (Wildman–Crippen LogP) is 0.123. The Kier molecular flexibility index (Phi) is 1.45. The van der Waals surface area contributed by atoms with Crippen LogP contribution in [0.3, 0.4) is 0 Å². The van der Waals surface area contributed by atoms with Crippen LogP contribution in [-0.4, -0.2) is 11.5 Å². The van der Waals surface area contributed by atoms with E-state index in [2.05, 4.69) is 4.98 Å². The summed E-state index contributed by atoms with van der Waals surface area (Å²) in [4.78, 5) is 4.00. The highest BCUT2D eigenvalue weighted by Crippen LogP contribution is 2.10. The van der Waals surface area contributed by atoms with Crippen LogP contribution >= 0.6 is 0 Å². The fourth-order valence-corrected chi connectivity index (χ4v) is 1.17. The molecule has 1 unspecified atom stereocenters. The molecule has 3 nitrogen and oxygen atoms in total. The number of nitrogens with one attached hydrogen (secondary N) is 1. The Morgan fingerprint density at radius 2 is 2.45 bits per heavy atom. The van der Waals surface area contributed by atoms with Crippen molar-refractivity contribution >= 4 is 11.9 Å². The van der Waals surface area contributed by atoms with E-state index in [1.165, 1.54) is 0 Å². The first kappa shape index (κ1) is 6.52. The maximum atomic E-state index is 11.2. The maximum Gasteiger partial charge on any atom is 0.233 e. The Hall–Kier alpha value is -1.19. The van der Waals surface area contributed by atoms with Gasteiger partial charge in [0.05, 0.1) is 5.56 Å². The van der Waals surface area contributed by atoms with Crippen LogP contribution in [0.4, 0.5) is 5.82 Å². The number of hydrogen-bond acceptors (Lipinski definition) is 2. The second-order valence-corrected chi connectivity index (χ2v) is 2.47. The van der Waals surface area contributed by atoms with Gasteiger partial charge in [-0.25, -0.2) is 4.98 Å². The number of pyridine rings is 1. The van der Waals surface area contributed by atoms with E-state index in [1.807, 2.05) is 24.3 Å². The van der Waals surface area contributed by atoms with Gasteiger partial charge in [-0.2, -0.15) is 0 Å². The molecule has 1 aromatic heterocycles. The lowest BCUT2D eigenvalue weighted by Gasteiger charge is -2.22. The van der Waals surface area contributed by atoms with Crippen LogP contribution in [0.5, 0.6) is 0 Å². The molecule has 0 spiro atoms. The largest absolute Gasteiger partial charge is 0.627 e. The van der Waals surface area contributed by atoms with Gasteiger partial charge in [0.15, 0.2) is 0 Å². The molecule has 1 aliphatic heterocycles. The SMILES string of the molecule is [O-][NH+]1CC=Cc2cccnc21. The summed E-state index contributed by atoms with van der Waals surface area (Å²) in [6.45, 7) is 0.490. The molecule has 2 heterocycles. The molecule has 1 aromatic rings. The highest BCUT2D eigenvalue weighted by molar-refractivity contribution is 5.58. The van der Waals surface area contributed by atoms with Crippen LogP contribution < -0.4 is 5.06 Å². The van der Waals surface area contributed by atoms with Gasteiger partial charge in [0.25, 0.3) is 0 Å². The number of nitrogens with zero attached hydrogens (tertiary/aromatic N) is 1. The van der Waals surface area contributed by atoms with E-state index in [-0.39, 0.29) is 5.06 Å². The quantitative estimate of drug-likeness (QED) is 0.531. The van der Waals surface area contributed by atoms with E-state index in [0.717, 1.165) is 5.56 Å². The average Bonchev–Trinajstić information content (AvgIpc) is 2.06. The van der Waals surface area contributed by atoms with E-state index >= 15 is 0 Å². The van der Waals surface area contributed by atoms with Crippen molar-refractivity contribution in [3.8, 4) is 0 Å². The topological polar surface area (TPSA) is 40.4 Å². The van der Waals surface area contributed by atoms with Crippen LogP contribution in [0.25, 0.3) is 6.08 Å². The number of hydroxylamine groups is 1. The van der Waals surface area contributed by atoms with Crippen LogP contribution in [0, 0.1) is 5.21 Å². The number of fused-ring (bicyclic) bond motifs is 1. The van der Waals surface area contributed by atoms with Crippen molar-refractivity contribution in [2.45, 2.75) is 0 Å². The highest BCUT2D eigenvalue weighted by atomic mass is 16.5. The van der Waals surface area contributed by atoms with Gasteiger partial charge < -0.3 is 10.3 Å². The molecule has 0 radical (unpaired) electrons. The summed E-state index contributed by atoms with van der Waals surface area (Å²) in [5, 5.41) is 11.3. The van der Waals surface area contributed by atoms with Gasteiger partial charge in [0, 0.05) is 6.20 Å². The minimum Gasteiger partial charge on any atom is -0.627 e. The minimum atomic E-state index is 0.114. The molecule has 0 amide bonds. The molecule has 11 heavy (non-hydrogen) atoms. The fraction of sp³-hybridized carbons (Fsp3) is 0.125. The molecule has 0 aliphatic carbocycles. The van der Waals surface area contributed by atoms with Crippen molar-refractivity contribution in [2.24, 2.45) is 0 Å². The standard InChI is InChI=1S/C8H8N2O/c11-10-6-2-4-7-3-1-5-9-8(7)10/h1-5,10H,6H2. The lowest BCUT2D eigenvalue weighted by atomic mass is 10.2. The van der Waals surface area contributed by atoms with Gasteiger partial charge >= 0.3 is 0 Å². The third-order valence-electron chi connectivity index (χ3n) is 1.70. The number of aromatic nitrogens is 1. The summed E-state index contributed by atoms with van der Waals surface area (Å²) < 4.78 is 0. The lowest BCUT2D eigenvalue weighted by molar-refractivity contribution is -0.772. The summed E-state index contributed by atoms with van der Waals surface area (Å²) in [5.41, 5.74) is 0.934. The molecule has 0 saturated carbocycles. The van der Waals surface area contributed by atoms with Gasteiger partial charge in [-0.1, -0.05) is 0 Å². The summed E-state index contributed by atoms with van der Waals surface area (Å²) in [5.74, 6) is 0.606. The van der Waals surface area contributed by atoms with Crippen LogP contribution in [0.2, 0.25) is 0 Å². The van der Waals surface area contributed by atoms with Crippen molar-refractivity contribution in [1.29, 1.82) is 0 Å². The molecule has 1 N–H and O–H groups in total. The summed E-state index contributed by atoms with van der Waals surface area (Å²) in [6.07, 6.45) is 5.45. The zero-order valence-corrected chi connectivity index (χ0v) is 5.95. The van der Waals surface area contributed by atoms with E-state index < -0.39 is 0 Å². The van der Waals surface area contributed by atoms with Gasteiger partial charge in [-0.05, 0) is 24.3 Å². The molecular formula is C8H8N2O. The molecule has 0 fully saturated rings. The van der Waals surface area contributed by atoms with E-state index in [1.54, 1.807) is 6.20 Å². The van der Waals surface area contributed by atoms with E-state index in [0.29, 0.717) is 12.4 Å². The Morgan fingerprint density at radius 3 is 3.27 bits per heavy atom. The second kappa shape index (κ2) is 2.45. The van der Waals surface area contributed by atoms with E-state index in [9.17, 15) is 5.21 Å². The second-order valence-electron chi connectivity index (χ2n) is 2.47. The predicted molar refractivity (Wildman–Crippen MR) is 42.1 cm³/mol. The van der Waals surface area contributed by atoms with Crippen molar-refractivity contribution in [3.05, 3.63) is 35.2 Å². The lowest BCUT2D eigenvalue weighted by Crippen LogP contribution is -3.02. The van der Waals surface area contributed by atoms with Gasteiger partial charge in [0.2, 0.25) is 5.82 Å². The molecule has 1 atom stereocenters. The average molecular weight is 148 g/mol. The smallest absolute Gasteiger partial charge is 0.233 e. The Morgan fingerprint density at radius 1 is 1.55 bits per heavy atom. The number of quaternary nitrogens is 1. The van der Waals surface area contributed by atoms with Crippen molar-refractivity contribution in [1.82, 2.24) is 4.98 Å². The minimum absolute atomic E-state index is 0.114. The van der Waals surface area contributed by atoms with Crippen molar-refractivity contribution < 1.29 is 5.06 Å². The Labute approximate surface area is 64.6 Å². The first-order valence-corrected chi connectivity index (χ1v) is 3.53. The first-order valence-electron chi connectivity index (χ1n) is 3.53. The zero-order valence-electron chi connectivity index (χ0n) is 5.95. The Balaban J connectivity index is 2.54. The molecule has 2 rings (SSSR count). The highest BCUT2D eigenvalue weighted by Gasteiger charge is 2.10. The van der Waals surface area contributed by atoms with Crippen LogP contribution in [0.1, 0.15) is 5.56 Å². The van der Waals surface area contributed by atoms with Gasteiger partial charge in [-0.15, -0.1) is 0 Å². The maximum absolute atomic E-state index is 11.2. The Bertz CT molecular complexity index is 296. The van der Waals surface area contributed by atoms with Gasteiger partial charge in [0.1, 0.15) is 6.54 Å². The van der Waals surface area contributed by atoms with Crippen LogP contribution in [-0.2, 0) is 0 Å². The first-order chi connectivity index (χ1) is 5.38. The molecule has 0 bridgehead atoms. The normalized spacial score (nSPS) is 21.4. The summed E-state index contributed by atoms with van der Waals surface area (Å²) >= 11 is 0. The third kappa shape index (κ3) is 1.04. The van der Waals surface area contributed by atoms with E-state index in [4.69, 9.17) is 0 Å². The summed E-state index contributed by atoms with van der Waals surface area (Å²) in [6, 6.07) is 3.73. The molecule has 56 valence electrons. The third-order valence-corrected chi connectivity index (χ3v) is 1.70. The van der Waals surface area contributed by atoms with Crippen molar-refractivity contribution in [3.63, 3.8) is 0 Å². The monoisotopic (exact) mass is 148 g/mol.